The van der Waals surface area contributed by atoms with Crippen molar-refractivity contribution in [1.82, 2.24) is 5.32 Å². The van der Waals surface area contributed by atoms with E-state index in [1.165, 1.54) is 23.5 Å². The molecule has 1 aliphatic carbocycles. The van der Waals surface area contributed by atoms with Crippen molar-refractivity contribution in [3.05, 3.63) is 77.4 Å². The van der Waals surface area contributed by atoms with E-state index in [4.69, 9.17) is 4.74 Å². The molecule has 0 spiro atoms. The molecule has 1 heterocycles. The minimum Gasteiger partial charge on any atom is -0.484 e. The molecule has 1 amide bonds. The van der Waals surface area contributed by atoms with Gasteiger partial charge < -0.3 is 10.1 Å². The summed E-state index contributed by atoms with van der Waals surface area (Å²) in [5, 5.41) is 4.74. The number of rotatable bonds is 8. The summed E-state index contributed by atoms with van der Waals surface area (Å²) in [4.78, 5) is 12.5. The lowest BCUT2D eigenvalue weighted by molar-refractivity contribution is -0.126. The fourth-order valence-electron chi connectivity index (χ4n) is 3.67. The summed E-state index contributed by atoms with van der Waals surface area (Å²) >= 11 is 1.16. The van der Waals surface area contributed by atoms with Crippen molar-refractivity contribution in [2.24, 2.45) is 0 Å². The van der Waals surface area contributed by atoms with Crippen LogP contribution in [0.1, 0.15) is 24.8 Å². The van der Waals surface area contributed by atoms with Crippen molar-refractivity contribution in [1.29, 1.82) is 0 Å². The number of carbonyl (C=O) groups excluding carboxylic acids is 1. The summed E-state index contributed by atoms with van der Waals surface area (Å²) in [5.74, 6) is -0.124. The average Bonchev–Trinajstić information content (AvgIpc) is 3.31. The van der Waals surface area contributed by atoms with Crippen molar-refractivity contribution >= 4 is 33.0 Å². The van der Waals surface area contributed by atoms with E-state index in [1.807, 2.05) is 0 Å². The van der Waals surface area contributed by atoms with Crippen LogP contribution < -0.4 is 14.4 Å². The van der Waals surface area contributed by atoms with Crippen LogP contribution in [-0.2, 0) is 20.4 Å². The quantitative estimate of drug-likeness (QED) is 0.529. The van der Waals surface area contributed by atoms with Gasteiger partial charge in [-0.1, -0.05) is 18.2 Å². The molecule has 32 heavy (non-hydrogen) atoms. The Labute approximate surface area is 190 Å². The van der Waals surface area contributed by atoms with Crippen LogP contribution in [-0.4, -0.2) is 28.0 Å². The Morgan fingerprint density at radius 3 is 2.38 bits per heavy atom. The molecule has 1 aliphatic rings. The van der Waals surface area contributed by atoms with E-state index in [1.54, 1.807) is 53.9 Å². The predicted octanol–water partition coefficient (Wildman–Crippen LogP) is 4.29. The normalized spacial score (nSPS) is 14.9. The second-order valence-corrected chi connectivity index (χ2v) is 10.8. The monoisotopic (exact) mass is 474 g/mol. The molecule has 9 heteroatoms. The number of nitrogens with zero attached hydrogens (tertiary/aromatic N) is 1. The van der Waals surface area contributed by atoms with E-state index in [2.05, 4.69) is 5.32 Å². The molecule has 0 bridgehead atoms. The first-order valence-corrected chi connectivity index (χ1v) is 12.4. The molecule has 0 saturated heterocycles. The largest absolute Gasteiger partial charge is 0.484 e. The second kappa shape index (κ2) is 8.91. The number of sulfonamides is 1. The second-order valence-electron chi connectivity index (χ2n) is 7.68. The Kier molecular flexibility index (Phi) is 6.21. The molecule has 0 unspecified atom stereocenters. The molecular formula is C23H23FN2O4S2. The average molecular weight is 475 g/mol. The predicted molar refractivity (Wildman–Crippen MR) is 122 cm³/mol. The molecule has 6 nitrogen and oxygen atoms in total. The lowest BCUT2D eigenvalue weighted by atomic mass is 9.72. The zero-order valence-corrected chi connectivity index (χ0v) is 19.1. The standard InChI is InChI=1S/C23H23FN2O4S2/c1-26(32(28,29)22-4-2-15-31-22)19-9-11-20(12-10-19)30-16-21(27)25-23(13-3-14-23)17-5-7-18(24)8-6-17/h2,4-12,15H,3,13-14,16H2,1H3,(H,25,27). The first-order chi connectivity index (χ1) is 15.3. The molecule has 168 valence electrons. The van der Waals surface area contributed by atoms with E-state index in [9.17, 15) is 17.6 Å². The van der Waals surface area contributed by atoms with Gasteiger partial charge in [0, 0.05) is 7.05 Å². The first kappa shape index (κ1) is 22.3. The van der Waals surface area contributed by atoms with Crippen LogP contribution in [0.25, 0.3) is 0 Å². The van der Waals surface area contributed by atoms with E-state index < -0.39 is 15.6 Å². The third kappa shape index (κ3) is 4.49. The summed E-state index contributed by atoms with van der Waals surface area (Å²) in [6.45, 7) is -0.175. The molecule has 3 aromatic rings. The summed E-state index contributed by atoms with van der Waals surface area (Å²) in [6.07, 6.45) is 2.58. The van der Waals surface area contributed by atoms with E-state index in [0.717, 1.165) is 36.2 Å². The van der Waals surface area contributed by atoms with E-state index in [0.29, 0.717) is 11.4 Å². The number of anilines is 1. The van der Waals surface area contributed by atoms with Gasteiger partial charge in [0.05, 0.1) is 11.2 Å². The van der Waals surface area contributed by atoms with Gasteiger partial charge >= 0.3 is 0 Å². The number of hydrogen-bond donors (Lipinski definition) is 1. The van der Waals surface area contributed by atoms with Gasteiger partial charge in [-0.25, -0.2) is 12.8 Å². The van der Waals surface area contributed by atoms with Crippen LogP contribution >= 0.6 is 11.3 Å². The van der Waals surface area contributed by atoms with Gasteiger partial charge in [0.15, 0.2) is 6.61 Å². The maximum absolute atomic E-state index is 13.2. The van der Waals surface area contributed by atoms with Crippen LogP contribution in [0.15, 0.2) is 70.3 Å². The minimum absolute atomic E-state index is 0.175. The number of halogens is 1. The van der Waals surface area contributed by atoms with Crippen molar-refractivity contribution in [3.63, 3.8) is 0 Å². The molecule has 1 N–H and O–H groups in total. The smallest absolute Gasteiger partial charge is 0.273 e. The first-order valence-electron chi connectivity index (χ1n) is 10.1. The van der Waals surface area contributed by atoms with Crippen LogP contribution in [0.3, 0.4) is 0 Å². The number of carbonyl (C=O) groups is 1. The SMILES string of the molecule is CN(c1ccc(OCC(=O)NC2(c3ccc(F)cc3)CCC2)cc1)S(=O)(=O)c1cccs1. The van der Waals surface area contributed by atoms with Crippen molar-refractivity contribution in [2.75, 3.05) is 18.0 Å². The minimum atomic E-state index is -3.61. The third-order valence-electron chi connectivity index (χ3n) is 5.66. The highest BCUT2D eigenvalue weighted by molar-refractivity contribution is 7.94. The molecule has 2 aromatic carbocycles. The summed E-state index contributed by atoms with van der Waals surface area (Å²) in [6, 6.07) is 16.0. The van der Waals surface area contributed by atoms with Crippen LogP contribution in [0, 0.1) is 5.82 Å². The van der Waals surface area contributed by atoms with Crippen LogP contribution in [0.5, 0.6) is 5.75 Å². The van der Waals surface area contributed by atoms with Crippen LogP contribution in [0.2, 0.25) is 0 Å². The lowest BCUT2D eigenvalue weighted by Crippen LogP contribution is -2.52. The molecule has 1 saturated carbocycles. The van der Waals surface area contributed by atoms with Crippen molar-refractivity contribution in [3.8, 4) is 5.75 Å². The molecule has 4 rings (SSSR count). The Balaban J connectivity index is 1.36. The summed E-state index contributed by atoms with van der Waals surface area (Å²) in [7, 11) is -2.12. The molecule has 1 fully saturated rings. The zero-order valence-electron chi connectivity index (χ0n) is 17.5. The third-order valence-corrected chi connectivity index (χ3v) is 8.82. The highest BCUT2D eigenvalue weighted by Crippen LogP contribution is 2.41. The van der Waals surface area contributed by atoms with Gasteiger partial charge in [0.1, 0.15) is 15.8 Å². The fourth-order valence-corrected chi connectivity index (χ4v) is 6.03. The highest BCUT2D eigenvalue weighted by atomic mass is 32.2. The molecule has 0 radical (unpaired) electrons. The maximum atomic E-state index is 13.2. The zero-order chi connectivity index (χ0) is 22.8. The number of amides is 1. The maximum Gasteiger partial charge on any atom is 0.273 e. The van der Waals surface area contributed by atoms with Gasteiger partial charge in [0.2, 0.25) is 0 Å². The van der Waals surface area contributed by atoms with Crippen molar-refractivity contribution in [2.45, 2.75) is 29.0 Å². The van der Waals surface area contributed by atoms with Gasteiger partial charge in [-0.2, -0.15) is 0 Å². The van der Waals surface area contributed by atoms with E-state index >= 15 is 0 Å². The number of benzene rings is 2. The van der Waals surface area contributed by atoms with Gasteiger partial charge in [-0.15, -0.1) is 11.3 Å². The molecular weight excluding hydrogens is 451 g/mol. The fraction of sp³-hybridized carbons (Fsp3) is 0.261. The highest BCUT2D eigenvalue weighted by Gasteiger charge is 2.40. The molecule has 0 atom stereocenters. The lowest BCUT2D eigenvalue weighted by Gasteiger charge is -2.43. The molecule has 0 aliphatic heterocycles. The van der Waals surface area contributed by atoms with Gasteiger partial charge in [-0.05, 0) is 72.7 Å². The van der Waals surface area contributed by atoms with Gasteiger partial charge in [0.25, 0.3) is 15.9 Å². The Hall–Kier alpha value is -2.91. The van der Waals surface area contributed by atoms with Crippen molar-refractivity contribution < 1.29 is 22.3 Å². The number of ether oxygens (including phenoxy) is 1. The topological polar surface area (TPSA) is 75.7 Å². The van der Waals surface area contributed by atoms with Crippen LogP contribution in [0.4, 0.5) is 10.1 Å². The van der Waals surface area contributed by atoms with E-state index in [-0.39, 0.29) is 22.5 Å². The number of nitrogens with one attached hydrogen (secondary N) is 1. The Morgan fingerprint density at radius 1 is 1.12 bits per heavy atom. The van der Waals surface area contributed by atoms with Gasteiger partial charge in [-0.3, -0.25) is 9.10 Å². The summed E-state index contributed by atoms with van der Waals surface area (Å²) < 4.78 is 45.6. The Morgan fingerprint density at radius 2 is 1.81 bits per heavy atom. The summed E-state index contributed by atoms with van der Waals surface area (Å²) in [5.41, 5.74) is 0.898. The molecule has 1 aromatic heterocycles. The Bertz CT molecular complexity index is 1170. The number of hydrogen-bond acceptors (Lipinski definition) is 5. The number of thiophene rings is 1.